The van der Waals surface area contributed by atoms with E-state index in [-0.39, 0.29) is 11.4 Å². The van der Waals surface area contributed by atoms with Crippen LogP contribution in [0.15, 0.2) is 23.7 Å². The van der Waals surface area contributed by atoms with Gasteiger partial charge in [0.1, 0.15) is 6.26 Å². The highest BCUT2D eigenvalue weighted by molar-refractivity contribution is 5.92. The molecule has 1 aliphatic rings. The number of nitrogens with one attached hydrogen (secondary N) is 1. The number of hydrogen-bond donors (Lipinski definition) is 3. The van der Waals surface area contributed by atoms with Crippen molar-refractivity contribution in [3.63, 3.8) is 0 Å². The molecule has 1 heterocycles. The van der Waals surface area contributed by atoms with E-state index in [0.717, 1.165) is 0 Å². The number of hydroxylamine groups is 1. The largest absolute Gasteiger partial charge is 0.397 e. The van der Waals surface area contributed by atoms with Crippen molar-refractivity contribution in [2.75, 3.05) is 0 Å². The lowest BCUT2D eigenvalue weighted by Crippen LogP contribution is -2.30. The summed E-state index contributed by atoms with van der Waals surface area (Å²) in [6.07, 6.45) is 2.76. The second-order valence-electron chi connectivity index (χ2n) is 1.72. The van der Waals surface area contributed by atoms with Crippen molar-refractivity contribution in [2.45, 2.75) is 0 Å². The highest BCUT2D eigenvalue weighted by Crippen LogP contribution is 2.00. The number of nitrogens with two attached hydrogens (primary N) is 2. The zero-order chi connectivity index (χ0) is 7.56. The number of hydrogen-bond acceptors (Lipinski definition) is 4. The van der Waals surface area contributed by atoms with Gasteiger partial charge in [0.2, 0.25) is 0 Å². The molecule has 0 unspecified atom stereocenters. The topological polar surface area (TPSA) is 90.4 Å². The summed E-state index contributed by atoms with van der Waals surface area (Å²) >= 11 is 0. The number of primary amides is 1. The van der Waals surface area contributed by atoms with Crippen LogP contribution in [0, 0.1) is 0 Å². The Morgan fingerprint density at radius 1 is 1.70 bits per heavy atom. The number of allylic oxidation sites excluding steroid dienone is 1. The minimum absolute atomic E-state index is 0.0856. The maximum absolute atomic E-state index is 10.5. The molecular weight excluding hydrogens is 134 g/mol. The first kappa shape index (κ1) is 6.47. The highest BCUT2D eigenvalue weighted by Gasteiger charge is 2.10. The van der Waals surface area contributed by atoms with Crippen LogP contribution in [0.3, 0.4) is 0 Å². The average molecular weight is 141 g/mol. The smallest absolute Gasteiger partial charge is 0.270 e. The second-order valence-corrected chi connectivity index (χ2v) is 1.72. The predicted molar refractivity (Wildman–Crippen MR) is 33.8 cm³/mol. The van der Waals surface area contributed by atoms with E-state index in [4.69, 9.17) is 11.5 Å². The molecule has 5 heteroatoms. The van der Waals surface area contributed by atoms with Crippen LogP contribution in [-0.2, 0) is 9.63 Å². The van der Waals surface area contributed by atoms with Gasteiger partial charge in [0.05, 0.1) is 5.70 Å². The van der Waals surface area contributed by atoms with E-state index in [1.54, 1.807) is 0 Å². The summed E-state index contributed by atoms with van der Waals surface area (Å²) < 4.78 is 0. The third-order valence-electron chi connectivity index (χ3n) is 1.01. The van der Waals surface area contributed by atoms with Crippen LogP contribution in [0.5, 0.6) is 0 Å². The number of amides is 1. The third-order valence-corrected chi connectivity index (χ3v) is 1.01. The molecule has 1 aliphatic heterocycles. The van der Waals surface area contributed by atoms with Crippen molar-refractivity contribution in [1.82, 2.24) is 5.48 Å². The van der Waals surface area contributed by atoms with Gasteiger partial charge in [-0.15, -0.1) is 0 Å². The Labute approximate surface area is 57.3 Å². The van der Waals surface area contributed by atoms with Crippen molar-refractivity contribution in [2.24, 2.45) is 11.5 Å². The molecule has 1 rings (SSSR count). The van der Waals surface area contributed by atoms with Gasteiger partial charge in [-0.25, -0.2) is 5.48 Å². The zero-order valence-electron chi connectivity index (χ0n) is 5.13. The van der Waals surface area contributed by atoms with E-state index in [9.17, 15) is 4.79 Å². The van der Waals surface area contributed by atoms with Gasteiger partial charge in [-0.3, -0.25) is 4.79 Å². The maximum Gasteiger partial charge on any atom is 0.270 e. The normalized spacial score (nSPS) is 16.0. The summed E-state index contributed by atoms with van der Waals surface area (Å²) in [4.78, 5) is 15.0. The molecule has 0 bridgehead atoms. The number of carbonyl (C=O) groups is 1. The summed E-state index contributed by atoms with van der Waals surface area (Å²) in [5.74, 6) is -0.637. The second kappa shape index (κ2) is 2.30. The van der Waals surface area contributed by atoms with E-state index in [1.807, 2.05) is 0 Å². The SMILES string of the molecule is NC(=O)C1=C(N)C=CON1. The molecule has 0 radical (unpaired) electrons. The molecule has 0 fully saturated rings. The molecule has 54 valence electrons. The lowest BCUT2D eigenvalue weighted by atomic mass is 10.3. The van der Waals surface area contributed by atoms with Gasteiger partial charge in [0.25, 0.3) is 5.91 Å². The Kier molecular flexibility index (Phi) is 1.49. The van der Waals surface area contributed by atoms with Gasteiger partial charge < -0.3 is 16.3 Å². The molecule has 0 aromatic heterocycles. The van der Waals surface area contributed by atoms with Crippen molar-refractivity contribution < 1.29 is 9.63 Å². The molecule has 1 amide bonds. The first-order chi connectivity index (χ1) is 4.72. The Balaban J connectivity index is 2.89. The molecule has 5 nitrogen and oxygen atoms in total. The lowest BCUT2D eigenvalue weighted by molar-refractivity contribution is -0.116. The molecule has 0 saturated heterocycles. The van der Waals surface area contributed by atoms with Crippen LogP contribution >= 0.6 is 0 Å². The fraction of sp³-hybridized carbons (Fsp3) is 0. The quantitative estimate of drug-likeness (QED) is 0.423. The average Bonchev–Trinajstić information content (AvgIpc) is 1.88. The first-order valence-electron chi connectivity index (χ1n) is 2.59. The molecular formula is C5H7N3O2. The van der Waals surface area contributed by atoms with E-state index < -0.39 is 5.91 Å². The minimum Gasteiger partial charge on any atom is -0.397 e. The molecule has 0 spiro atoms. The van der Waals surface area contributed by atoms with Gasteiger partial charge in [-0.05, 0) is 0 Å². The van der Waals surface area contributed by atoms with Gasteiger partial charge in [0.15, 0.2) is 5.70 Å². The monoisotopic (exact) mass is 141 g/mol. The first-order valence-corrected chi connectivity index (χ1v) is 2.59. The van der Waals surface area contributed by atoms with Crippen LogP contribution in [-0.4, -0.2) is 5.91 Å². The molecule has 0 aromatic carbocycles. The van der Waals surface area contributed by atoms with Crippen LogP contribution in [0.1, 0.15) is 0 Å². The third kappa shape index (κ3) is 1.02. The summed E-state index contributed by atoms with van der Waals surface area (Å²) in [5.41, 5.74) is 12.9. The molecule has 10 heavy (non-hydrogen) atoms. The summed E-state index contributed by atoms with van der Waals surface area (Å²) in [6.45, 7) is 0. The maximum atomic E-state index is 10.5. The van der Waals surface area contributed by atoms with Gasteiger partial charge in [0, 0.05) is 6.08 Å². The van der Waals surface area contributed by atoms with E-state index in [2.05, 4.69) is 10.3 Å². The molecule has 0 aliphatic carbocycles. The molecule has 5 N–H and O–H groups in total. The highest BCUT2D eigenvalue weighted by atomic mass is 16.6. The van der Waals surface area contributed by atoms with E-state index in [1.165, 1.54) is 12.3 Å². The Bertz CT molecular complexity index is 219. The van der Waals surface area contributed by atoms with Crippen LogP contribution < -0.4 is 16.9 Å². The van der Waals surface area contributed by atoms with E-state index >= 15 is 0 Å². The van der Waals surface area contributed by atoms with Crippen LogP contribution in [0.4, 0.5) is 0 Å². The Morgan fingerprint density at radius 2 is 2.40 bits per heavy atom. The molecule has 0 saturated carbocycles. The van der Waals surface area contributed by atoms with Crippen LogP contribution in [0.25, 0.3) is 0 Å². The Hall–Kier alpha value is -1.65. The van der Waals surface area contributed by atoms with Crippen molar-refractivity contribution in [1.29, 1.82) is 0 Å². The number of carbonyl (C=O) groups excluding carboxylic acids is 1. The summed E-state index contributed by atoms with van der Waals surface area (Å²) in [5, 5.41) is 0. The lowest BCUT2D eigenvalue weighted by Gasteiger charge is -2.11. The summed E-state index contributed by atoms with van der Waals surface area (Å²) in [6, 6.07) is 0. The van der Waals surface area contributed by atoms with Crippen LogP contribution in [0.2, 0.25) is 0 Å². The standard InChI is InChI=1S/C5H7N3O2/c6-3-1-2-10-8-4(3)5(7)9/h1-2,8H,6H2,(H2,7,9). The van der Waals surface area contributed by atoms with Gasteiger partial charge in [-0.1, -0.05) is 0 Å². The van der Waals surface area contributed by atoms with Crippen molar-refractivity contribution >= 4 is 5.91 Å². The number of rotatable bonds is 1. The van der Waals surface area contributed by atoms with Crippen molar-refractivity contribution in [3.05, 3.63) is 23.7 Å². The minimum atomic E-state index is -0.637. The zero-order valence-corrected chi connectivity index (χ0v) is 5.13. The van der Waals surface area contributed by atoms with Gasteiger partial charge in [-0.2, -0.15) is 0 Å². The molecule has 0 atom stereocenters. The fourth-order valence-corrected chi connectivity index (χ4v) is 0.535. The van der Waals surface area contributed by atoms with Crippen molar-refractivity contribution in [3.8, 4) is 0 Å². The Morgan fingerprint density at radius 3 is 2.80 bits per heavy atom. The van der Waals surface area contributed by atoms with E-state index in [0.29, 0.717) is 0 Å². The summed E-state index contributed by atoms with van der Waals surface area (Å²) in [7, 11) is 0. The molecule has 0 aromatic rings. The van der Waals surface area contributed by atoms with Gasteiger partial charge >= 0.3 is 0 Å². The predicted octanol–water partition coefficient (Wildman–Crippen LogP) is -1.31. The fourth-order valence-electron chi connectivity index (χ4n) is 0.535.